The molecule has 0 saturated carbocycles. The monoisotopic (exact) mass is 315 g/mol. The average Bonchev–Trinajstić information content (AvgIpc) is 2.31. The molecule has 2 N–H and O–H groups in total. The Kier molecular flexibility index (Phi) is 5.73. The van der Waals surface area contributed by atoms with Gasteiger partial charge in [0.05, 0.1) is 9.40 Å². The number of rotatable bonds is 6. The molecule has 0 bridgehead atoms. The molecule has 0 heterocycles. The molecule has 0 saturated heterocycles. The van der Waals surface area contributed by atoms with Gasteiger partial charge in [-0.15, -0.1) is 0 Å². The lowest BCUT2D eigenvalue weighted by Gasteiger charge is -2.05. The van der Waals surface area contributed by atoms with Gasteiger partial charge in [0.2, 0.25) is 5.91 Å². The highest BCUT2D eigenvalue weighted by Crippen LogP contribution is 2.27. The fourth-order valence-corrected chi connectivity index (χ4v) is 1.77. The van der Waals surface area contributed by atoms with Crippen molar-refractivity contribution in [2.75, 3.05) is 18.9 Å². The minimum atomic E-state index is -0.499. The fourth-order valence-electron chi connectivity index (χ4n) is 1.38. The molecule has 0 fully saturated rings. The van der Waals surface area contributed by atoms with Crippen molar-refractivity contribution in [1.82, 2.24) is 5.32 Å². The summed E-state index contributed by atoms with van der Waals surface area (Å²) in [6.45, 7) is 0.758. The van der Waals surface area contributed by atoms with Crippen LogP contribution in [0.5, 0.6) is 0 Å². The maximum absolute atomic E-state index is 11.5. The van der Waals surface area contributed by atoms with Gasteiger partial charge in [-0.25, -0.2) is 0 Å². The molecule has 1 rings (SSSR count). The third-order valence-electron chi connectivity index (χ3n) is 2.26. The third kappa shape index (κ3) is 4.42. The number of nitrogens with one attached hydrogen (secondary N) is 2. The maximum Gasteiger partial charge on any atom is 0.285 e. The number of carbonyl (C=O) groups is 1. The van der Waals surface area contributed by atoms with E-state index in [1.807, 2.05) is 7.05 Å². The van der Waals surface area contributed by atoms with Crippen LogP contribution >= 0.6 is 15.9 Å². The second-order valence-corrected chi connectivity index (χ2v) is 4.53. The zero-order valence-electron chi connectivity index (χ0n) is 9.90. The van der Waals surface area contributed by atoms with Crippen LogP contribution in [-0.2, 0) is 4.79 Å². The molecule has 0 aliphatic carbocycles. The molecular formula is C11H14BrN3O3. The third-order valence-corrected chi connectivity index (χ3v) is 2.93. The summed E-state index contributed by atoms with van der Waals surface area (Å²) in [7, 11) is 1.82. The molecule has 0 aromatic heterocycles. The van der Waals surface area contributed by atoms with E-state index in [2.05, 4.69) is 26.6 Å². The van der Waals surface area contributed by atoms with E-state index in [0.29, 0.717) is 16.6 Å². The lowest BCUT2D eigenvalue weighted by atomic mass is 10.2. The minimum Gasteiger partial charge on any atom is -0.326 e. The predicted molar refractivity (Wildman–Crippen MR) is 72.6 cm³/mol. The van der Waals surface area contributed by atoms with Crippen LogP contribution in [-0.4, -0.2) is 24.4 Å². The molecule has 0 spiro atoms. The summed E-state index contributed by atoms with van der Waals surface area (Å²) in [6, 6.07) is 4.49. The number of amides is 1. The molecule has 7 heteroatoms. The van der Waals surface area contributed by atoms with Crippen molar-refractivity contribution in [1.29, 1.82) is 0 Å². The Morgan fingerprint density at radius 1 is 1.50 bits per heavy atom. The number of carbonyl (C=O) groups excluding carboxylic acids is 1. The Balaban J connectivity index is 2.65. The van der Waals surface area contributed by atoms with E-state index in [1.165, 1.54) is 6.07 Å². The SMILES string of the molecule is CNCCCC(=O)Nc1ccc(Br)c([N+](=O)[O-])c1. The van der Waals surface area contributed by atoms with E-state index < -0.39 is 4.92 Å². The summed E-state index contributed by atoms with van der Waals surface area (Å²) in [4.78, 5) is 21.8. The smallest absolute Gasteiger partial charge is 0.285 e. The van der Waals surface area contributed by atoms with Gasteiger partial charge in [0, 0.05) is 18.2 Å². The lowest BCUT2D eigenvalue weighted by molar-refractivity contribution is -0.385. The molecule has 0 atom stereocenters. The Hall–Kier alpha value is -1.47. The number of anilines is 1. The van der Waals surface area contributed by atoms with Crippen molar-refractivity contribution in [3.63, 3.8) is 0 Å². The molecule has 18 heavy (non-hydrogen) atoms. The maximum atomic E-state index is 11.5. The van der Waals surface area contributed by atoms with E-state index in [0.717, 1.165) is 13.0 Å². The van der Waals surface area contributed by atoms with Gasteiger partial charge in [0.25, 0.3) is 5.69 Å². The van der Waals surface area contributed by atoms with Gasteiger partial charge in [-0.2, -0.15) is 0 Å². The van der Waals surface area contributed by atoms with E-state index in [-0.39, 0.29) is 11.6 Å². The van der Waals surface area contributed by atoms with Gasteiger partial charge in [0.15, 0.2) is 0 Å². The van der Waals surface area contributed by atoms with Crippen molar-refractivity contribution in [2.45, 2.75) is 12.8 Å². The fraction of sp³-hybridized carbons (Fsp3) is 0.364. The molecule has 0 aliphatic heterocycles. The van der Waals surface area contributed by atoms with Crippen LogP contribution in [0.2, 0.25) is 0 Å². The number of nitrogens with zero attached hydrogens (tertiary/aromatic N) is 1. The first kappa shape index (κ1) is 14.6. The number of benzene rings is 1. The molecule has 1 amide bonds. The zero-order chi connectivity index (χ0) is 13.5. The van der Waals surface area contributed by atoms with Crippen LogP contribution in [0.25, 0.3) is 0 Å². The van der Waals surface area contributed by atoms with Crippen LogP contribution in [0.4, 0.5) is 11.4 Å². The van der Waals surface area contributed by atoms with E-state index in [4.69, 9.17) is 0 Å². The Bertz CT molecular complexity index is 451. The standard InChI is InChI=1S/C11H14BrN3O3/c1-13-6-2-3-11(16)14-8-4-5-9(12)10(7-8)15(17)18/h4-5,7,13H,2-3,6H2,1H3,(H,14,16). The van der Waals surface area contributed by atoms with Gasteiger partial charge in [-0.1, -0.05) is 0 Å². The van der Waals surface area contributed by atoms with Crippen molar-refractivity contribution in [3.8, 4) is 0 Å². The number of nitro benzene ring substituents is 1. The quantitative estimate of drug-likeness (QED) is 0.479. The highest BCUT2D eigenvalue weighted by molar-refractivity contribution is 9.10. The molecule has 0 radical (unpaired) electrons. The summed E-state index contributed by atoms with van der Waals surface area (Å²) in [5.41, 5.74) is 0.363. The largest absolute Gasteiger partial charge is 0.326 e. The summed E-state index contributed by atoms with van der Waals surface area (Å²) < 4.78 is 0.390. The molecule has 98 valence electrons. The van der Waals surface area contributed by atoms with Crippen LogP contribution < -0.4 is 10.6 Å². The Labute approximate surface area is 113 Å². The summed E-state index contributed by atoms with van der Waals surface area (Å²) in [5, 5.41) is 16.3. The Morgan fingerprint density at radius 2 is 2.22 bits per heavy atom. The van der Waals surface area contributed by atoms with Crippen LogP contribution in [0.1, 0.15) is 12.8 Å². The highest BCUT2D eigenvalue weighted by Gasteiger charge is 2.13. The Morgan fingerprint density at radius 3 is 2.83 bits per heavy atom. The topological polar surface area (TPSA) is 84.3 Å². The van der Waals surface area contributed by atoms with Crippen LogP contribution in [0.3, 0.4) is 0 Å². The van der Waals surface area contributed by atoms with Crippen LogP contribution in [0.15, 0.2) is 22.7 Å². The van der Waals surface area contributed by atoms with Gasteiger partial charge >= 0.3 is 0 Å². The minimum absolute atomic E-state index is 0.0666. The van der Waals surface area contributed by atoms with Gasteiger partial charge < -0.3 is 10.6 Å². The highest BCUT2D eigenvalue weighted by atomic mass is 79.9. The van der Waals surface area contributed by atoms with Crippen molar-refractivity contribution in [3.05, 3.63) is 32.8 Å². The van der Waals surface area contributed by atoms with E-state index in [1.54, 1.807) is 12.1 Å². The van der Waals surface area contributed by atoms with Gasteiger partial charge in [0.1, 0.15) is 0 Å². The summed E-state index contributed by atoms with van der Waals surface area (Å²) in [6.07, 6.45) is 1.10. The first-order valence-corrected chi connectivity index (χ1v) is 6.22. The van der Waals surface area contributed by atoms with Gasteiger partial charge in [-0.05, 0) is 48.1 Å². The number of hydrogen-bond donors (Lipinski definition) is 2. The number of halogens is 1. The average molecular weight is 316 g/mol. The lowest BCUT2D eigenvalue weighted by Crippen LogP contribution is -2.15. The molecule has 6 nitrogen and oxygen atoms in total. The van der Waals surface area contributed by atoms with Crippen LogP contribution in [0, 0.1) is 10.1 Å². The van der Waals surface area contributed by atoms with Gasteiger partial charge in [-0.3, -0.25) is 14.9 Å². The molecule has 0 aliphatic rings. The van der Waals surface area contributed by atoms with Crippen molar-refractivity contribution < 1.29 is 9.72 Å². The number of hydrogen-bond acceptors (Lipinski definition) is 4. The molecule has 0 unspecified atom stereocenters. The van der Waals surface area contributed by atoms with Crippen molar-refractivity contribution in [2.24, 2.45) is 0 Å². The molecular weight excluding hydrogens is 302 g/mol. The summed E-state index contributed by atoms with van der Waals surface area (Å²) >= 11 is 3.09. The second kappa shape index (κ2) is 7.07. The van der Waals surface area contributed by atoms with Crippen molar-refractivity contribution >= 4 is 33.2 Å². The second-order valence-electron chi connectivity index (χ2n) is 3.68. The first-order chi connectivity index (χ1) is 8.54. The molecule has 1 aromatic rings. The predicted octanol–water partition coefficient (Wildman–Crippen LogP) is 2.30. The van der Waals surface area contributed by atoms with E-state index in [9.17, 15) is 14.9 Å². The zero-order valence-corrected chi connectivity index (χ0v) is 11.5. The molecule has 1 aromatic carbocycles. The summed E-state index contributed by atoms with van der Waals surface area (Å²) in [5.74, 6) is -0.151. The normalized spacial score (nSPS) is 10.1. The van der Waals surface area contributed by atoms with E-state index >= 15 is 0 Å². The number of nitro groups is 1. The first-order valence-electron chi connectivity index (χ1n) is 5.43.